The molecule has 0 saturated heterocycles. The Morgan fingerprint density at radius 2 is 1.87 bits per heavy atom. The van der Waals surface area contributed by atoms with E-state index in [0.29, 0.717) is 28.5 Å². The second-order valence-electron chi connectivity index (χ2n) is 5.48. The smallest absolute Gasteiger partial charge is 0.231 e. The van der Waals surface area contributed by atoms with Crippen molar-refractivity contribution in [3.8, 4) is 28.4 Å². The zero-order chi connectivity index (χ0) is 15.6. The molecule has 0 unspecified atom stereocenters. The van der Waals surface area contributed by atoms with Gasteiger partial charge in [0, 0.05) is 28.3 Å². The maximum absolute atomic E-state index is 12.9. The average Bonchev–Trinajstić information content (AvgIpc) is 3.05. The van der Waals surface area contributed by atoms with Crippen molar-refractivity contribution < 1.29 is 19.0 Å². The third kappa shape index (κ3) is 1.51. The highest BCUT2D eigenvalue weighted by Gasteiger charge is 2.31. The minimum absolute atomic E-state index is 0.107. The Morgan fingerprint density at radius 1 is 1.09 bits per heavy atom. The molecule has 0 saturated carbocycles. The Balaban J connectivity index is 1.98. The topological polar surface area (TPSA) is 57.7 Å². The van der Waals surface area contributed by atoms with Gasteiger partial charge in [0.1, 0.15) is 11.4 Å². The number of fused-ring (bicyclic) bond motifs is 3. The van der Waals surface area contributed by atoms with Gasteiger partial charge in [-0.3, -0.25) is 9.78 Å². The van der Waals surface area contributed by atoms with Gasteiger partial charge in [-0.05, 0) is 29.7 Å². The molecule has 2 aromatic carbocycles. The second-order valence-corrected chi connectivity index (χ2v) is 5.48. The van der Waals surface area contributed by atoms with Crippen molar-refractivity contribution in [3.63, 3.8) is 0 Å². The van der Waals surface area contributed by atoms with E-state index >= 15 is 0 Å². The van der Waals surface area contributed by atoms with Gasteiger partial charge in [0.05, 0.1) is 7.11 Å². The molecule has 2 heterocycles. The first-order valence-corrected chi connectivity index (χ1v) is 7.22. The number of aromatic nitrogens is 1. The third-order valence-corrected chi connectivity index (χ3v) is 4.36. The van der Waals surface area contributed by atoms with Gasteiger partial charge in [-0.1, -0.05) is 6.07 Å². The summed E-state index contributed by atoms with van der Waals surface area (Å²) in [6.07, 6.45) is 1.66. The van der Waals surface area contributed by atoms with Crippen molar-refractivity contribution in [1.29, 1.82) is 0 Å². The van der Waals surface area contributed by atoms with Crippen molar-refractivity contribution in [2.24, 2.45) is 0 Å². The van der Waals surface area contributed by atoms with E-state index in [0.717, 1.165) is 21.9 Å². The molecule has 0 N–H and O–H groups in total. The minimum Gasteiger partial charge on any atom is -0.496 e. The maximum Gasteiger partial charge on any atom is 0.231 e. The number of rotatable bonds is 1. The highest BCUT2D eigenvalue weighted by Crippen LogP contribution is 2.48. The van der Waals surface area contributed by atoms with Crippen molar-refractivity contribution >= 4 is 16.6 Å². The number of ketones is 1. The fourth-order valence-electron chi connectivity index (χ4n) is 3.32. The molecule has 1 aliphatic carbocycles. The molecular weight excluding hydrogens is 294 g/mol. The quantitative estimate of drug-likeness (QED) is 0.540. The molecule has 0 fully saturated rings. The van der Waals surface area contributed by atoms with E-state index in [-0.39, 0.29) is 12.6 Å². The highest BCUT2D eigenvalue weighted by molar-refractivity contribution is 6.25. The molecule has 2 aliphatic rings. The van der Waals surface area contributed by atoms with Crippen LogP contribution in [0.5, 0.6) is 17.2 Å². The van der Waals surface area contributed by atoms with Crippen LogP contribution in [0.2, 0.25) is 0 Å². The summed E-state index contributed by atoms with van der Waals surface area (Å²) in [5.74, 6) is 1.83. The number of carbonyl (C=O) groups excluding carboxylic acids is 1. The molecule has 0 radical (unpaired) electrons. The van der Waals surface area contributed by atoms with Gasteiger partial charge in [0.25, 0.3) is 0 Å². The van der Waals surface area contributed by atoms with E-state index in [1.807, 2.05) is 24.3 Å². The first-order valence-electron chi connectivity index (χ1n) is 7.22. The lowest BCUT2D eigenvalue weighted by Gasteiger charge is -2.21. The Labute approximate surface area is 131 Å². The molecule has 5 nitrogen and oxygen atoms in total. The number of methoxy groups -OCH3 is 1. The number of pyridine rings is 1. The van der Waals surface area contributed by atoms with Crippen molar-refractivity contribution in [2.45, 2.75) is 0 Å². The fraction of sp³-hybridized carbons (Fsp3) is 0.111. The molecule has 0 spiro atoms. The van der Waals surface area contributed by atoms with Crippen molar-refractivity contribution in [2.75, 3.05) is 13.9 Å². The first kappa shape index (κ1) is 12.5. The number of ether oxygens (including phenoxy) is 3. The zero-order valence-corrected chi connectivity index (χ0v) is 12.3. The molecule has 1 aromatic heterocycles. The minimum atomic E-state index is -0.107. The van der Waals surface area contributed by atoms with Crippen LogP contribution >= 0.6 is 0 Å². The molecule has 0 atom stereocenters. The van der Waals surface area contributed by atoms with Gasteiger partial charge in [0.15, 0.2) is 11.5 Å². The average molecular weight is 305 g/mol. The van der Waals surface area contributed by atoms with Crippen molar-refractivity contribution in [3.05, 3.63) is 47.8 Å². The lowest BCUT2D eigenvalue weighted by molar-refractivity contribution is 0.103. The van der Waals surface area contributed by atoms with Crippen LogP contribution in [-0.4, -0.2) is 24.7 Å². The molecule has 0 amide bonds. The van der Waals surface area contributed by atoms with Crippen LogP contribution in [-0.2, 0) is 0 Å². The van der Waals surface area contributed by atoms with E-state index in [9.17, 15) is 4.79 Å². The summed E-state index contributed by atoms with van der Waals surface area (Å²) >= 11 is 0. The predicted molar refractivity (Wildman–Crippen MR) is 83.3 cm³/mol. The molecule has 5 heteroatoms. The van der Waals surface area contributed by atoms with Gasteiger partial charge in [-0.15, -0.1) is 0 Å². The summed E-state index contributed by atoms with van der Waals surface area (Å²) in [6, 6.07) is 9.32. The molecule has 23 heavy (non-hydrogen) atoms. The summed E-state index contributed by atoms with van der Waals surface area (Å²) in [6.45, 7) is 0.166. The van der Waals surface area contributed by atoms with Gasteiger partial charge < -0.3 is 14.2 Å². The molecule has 5 rings (SSSR count). The predicted octanol–water partition coefficient (Wildman–Crippen LogP) is 3.18. The number of hydrogen-bond donors (Lipinski definition) is 0. The largest absolute Gasteiger partial charge is 0.496 e. The Bertz CT molecular complexity index is 1010. The highest BCUT2D eigenvalue weighted by atomic mass is 16.7. The lowest BCUT2D eigenvalue weighted by Crippen LogP contribution is -2.12. The van der Waals surface area contributed by atoms with Crippen molar-refractivity contribution in [1.82, 2.24) is 4.98 Å². The van der Waals surface area contributed by atoms with Crippen LogP contribution in [0.3, 0.4) is 0 Å². The number of benzene rings is 2. The second kappa shape index (κ2) is 4.23. The molecule has 1 aliphatic heterocycles. The normalized spacial score (nSPS) is 14.0. The summed E-state index contributed by atoms with van der Waals surface area (Å²) in [5, 5.41) is 1.78. The molecule has 3 aromatic rings. The zero-order valence-electron chi connectivity index (χ0n) is 12.3. The molecule has 112 valence electrons. The molecule has 0 bridgehead atoms. The van der Waals surface area contributed by atoms with E-state index in [1.165, 1.54) is 0 Å². The van der Waals surface area contributed by atoms with Crippen LogP contribution in [0.25, 0.3) is 21.9 Å². The van der Waals surface area contributed by atoms with Gasteiger partial charge in [-0.2, -0.15) is 0 Å². The molecular formula is C18H11NO4. The van der Waals surface area contributed by atoms with Gasteiger partial charge in [-0.25, -0.2) is 0 Å². The standard InChI is InChI=1S/C18H11NO4/c1-21-12-3-2-9-4-5-19-17-15(9)16(12)10-6-13-14(23-8-22-13)7-11(10)18(17)20/h2-7H,8H2,1H3. The lowest BCUT2D eigenvalue weighted by atomic mass is 9.84. The summed E-state index contributed by atoms with van der Waals surface area (Å²) in [7, 11) is 1.62. The fourth-order valence-corrected chi connectivity index (χ4v) is 3.32. The van der Waals surface area contributed by atoms with Gasteiger partial charge in [0.2, 0.25) is 12.6 Å². The first-order chi connectivity index (χ1) is 11.3. The van der Waals surface area contributed by atoms with Crippen LogP contribution < -0.4 is 14.2 Å². The summed E-state index contributed by atoms with van der Waals surface area (Å²) < 4.78 is 16.4. The van der Waals surface area contributed by atoms with E-state index in [2.05, 4.69) is 4.98 Å². The van der Waals surface area contributed by atoms with E-state index in [1.54, 1.807) is 19.4 Å². The number of carbonyl (C=O) groups is 1. The van der Waals surface area contributed by atoms with E-state index < -0.39 is 0 Å². The monoisotopic (exact) mass is 305 g/mol. The number of nitrogens with zero attached hydrogens (tertiary/aromatic N) is 1. The van der Waals surface area contributed by atoms with Crippen LogP contribution in [0.15, 0.2) is 36.5 Å². The third-order valence-electron chi connectivity index (χ3n) is 4.36. The summed E-state index contributed by atoms with van der Waals surface area (Å²) in [5.41, 5.74) is 2.68. The Kier molecular flexibility index (Phi) is 2.29. The Morgan fingerprint density at radius 3 is 2.65 bits per heavy atom. The number of hydrogen-bond acceptors (Lipinski definition) is 5. The van der Waals surface area contributed by atoms with Crippen LogP contribution in [0.1, 0.15) is 16.1 Å². The Hall–Kier alpha value is -3.08. The SMILES string of the molecule is COc1ccc2ccnc3c2c1-c1cc2c(cc1C3=O)OCO2. The van der Waals surface area contributed by atoms with Crippen LogP contribution in [0.4, 0.5) is 0 Å². The van der Waals surface area contributed by atoms with E-state index in [4.69, 9.17) is 14.2 Å². The van der Waals surface area contributed by atoms with Gasteiger partial charge >= 0.3 is 0 Å². The van der Waals surface area contributed by atoms with Crippen LogP contribution in [0, 0.1) is 0 Å². The maximum atomic E-state index is 12.9. The summed E-state index contributed by atoms with van der Waals surface area (Å²) in [4.78, 5) is 17.2.